The molecule has 2 fully saturated rings. The number of hydrogen-bond donors (Lipinski definition) is 2. The summed E-state index contributed by atoms with van der Waals surface area (Å²) in [6.45, 7) is 1.63. The molecule has 1 aliphatic heterocycles. The molecule has 1 aliphatic carbocycles. The van der Waals surface area contributed by atoms with Crippen LogP contribution in [-0.4, -0.2) is 35.0 Å². The first kappa shape index (κ1) is 15.1. The van der Waals surface area contributed by atoms with Crippen LogP contribution in [0.1, 0.15) is 18.4 Å². The number of rotatable bonds is 2. The van der Waals surface area contributed by atoms with Crippen LogP contribution in [0.3, 0.4) is 0 Å². The number of likely N-dealkylation sites (tertiary alicyclic amines) is 1. The highest BCUT2D eigenvalue weighted by Crippen LogP contribution is 2.37. The average molecular weight is 297 g/mol. The highest BCUT2D eigenvalue weighted by molar-refractivity contribution is 5.85. The van der Waals surface area contributed by atoms with Crippen LogP contribution in [0.2, 0.25) is 0 Å². The highest BCUT2D eigenvalue weighted by atomic mass is 35.5. The minimum Gasteiger partial charge on any atom is -0.508 e. The molecule has 1 saturated carbocycles. The zero-order valence-corrected chi connectivity index (χ0v) is 12.2. The Hall–Kier alpha value is -1.26. The monoisotopic (exact) mass is 296 g/mol. The van der Waals surface area contributed by atoms with Gasteiger partial charge in [0.2, 0.25) is 5.91 Å². The van der Waals surface area contributed by atoms with Crippen molar-refractivity contribution >= 4 is 18.3 Å². The maximum absolute atomic E-state index is 12.3. The molecule has 20 heavy (non-hydrogen) atoms. The van der Waals surface area contributed by atoms with E-state index in [1.165, 1.54) is 0 Å². The zero-order chi connectivity index (χ0) is 13.4. The van der Waals surface area contributed by atoms with Gasteiger partial charge >= 0.3 is 0 Å². The maximum Gasteiger partial charge on any atom is 0.227 e. The van der Waals surface area contributed by atoms with Crippen molar-refractivity contribution in [2.75, 3.05) is 13.1 Å². The first-order valence-corrected chi connectivity index (χ1v) is 6.95. The zero-order valence-electron chi connectivity index (χ0n) is 11.4. The van der Waals surface area contributed by atoms with Crippen molar-refractivity contribution < 1.29 is 9.90 Å². The van der Waals surface area contributed by atoms with E-state index in [1.54, 1.807) is 18.2 Å². The number of carbonyl (C=O) groups is 1. The fourth-order valence-electron chi connectivity index (χ4n) is 3.45. The van der Waals surface area contributed by atoms with Crippen LogP contribution < -0.4 is 5.73 Å². The molecule has 4 nitrogen and oxygen atoms in total. The second-order valence-electron chi connectivity index (χ2n) is 5.77. The molecule has 110 valence electrons. The lowest BCUT2D eigenvalue weighted by molar-refractivity contribution is -0.129. The van der Waals surface area contributed by atoms with Crippen LogP contribution in [0, 0.1) is 11.8 Å². The Kier molecular flexibility index (Phi) is 4.55. The molecule has 1 aromatic carbocycles. The van der Waals surface area contributed by atoms with Crippen molar-refractivity contribution in [1.29, 1.82) is 0 Å². The third-order valence-electron chi connectivity index (χ3n) is 4.60. The van der Waals surface area contributed by atoms with E-state index >= 15 is 0 Å². The molecule has 3 unspecified atom stereocenters. The van der Waals surface area contributed by atoms with E-state index < -0.39 is 0 Å². The van der Waals surface area contributed by atoms with Gasteiger partial charge in [-0.1, -0.05) is 18.2 Å². The summed E-state index contributed by atoms with van der Waals surface area (Å²) in [6, 6.07) is 7.29. The molecule has 1 saturated heterocycles. The quantitative estimate of drug-likeness (QED) is 0.870. The van der Waals surface area contributed by atoms with E-state index in [2.05, 4.69) is 0 Å². The molecule has 0 radical (unpaired) electrons. The molecular weight excluding hydrogens is 276 g/mol. The lowest BCUT2D eigenvalue weighted by atomic mass is 9.98. The molecule has 3 N–H and O–H groups in total. The summed E-state index contributed by atoms with van der Waals surface area (Å²) < 4.78 is 0. The van der Waals surface area contributed by atoms with Crippen LogP contribution in [-0.2, 0) is 11.2 Å². The summed E-state index contributed by atoms with van der Waals surface area (Å²) in [4.78, 5) is 14.2. The second kappa shape index (κ2) is 6.02. The number of amides is 1. The Morgan fingerprint density at radius 1 is 1.30 bits per heavy atom. The van der Waals surface area contributed by atoms with Gasteiger partial charge in [-0.05, 0) is 30.7 Å². The minimum atomic E-state index is 0. The SMILES string of the molecule is Cl.NC1CCC2CN(C(=O)Cc3ccccc3O)CC12. The van der Waals surface area contributed by atoms with Crippen molar-refractivity contribution in [2.24, 2.45) is 17.6 Å². The van der Waals surface area contributed by atoms with Crippen molar-refractivity contribution in [3.63, 3.8) is 0 Å². The fourth-order valence-corrected chi connectivity index (χ4v) is 3.45. The molecule has 0 bridgehead atoms. The van der Waals surface area contributed by atoms with E-state index in [-0.39, 0.29) is 36.5 Å². The number of phenols is 1. The van der Waals surface area contributed by atoms with E-state index in [1.807, 2.05) is 11.0 Å². The summed E-state index contributed by atoms with van der Waals surface area (Å²) in [5.74, 6) is 1.37. The lowest BCUT2D eigenvalue weighted by Gasteiger charge is -2.19. The number of hydrogen-bond acceptors (Lipinski definition) is 3. The third-order valence-corrected chi connectivity index (χ3v) is 4.60. The molecule has 5 heteroatoms. The second-order valence-corrected chi connectivity index (χ2v) is 5.77. The van der Waals surface area contributed by atoms with Gasteiger partial charge in [0.25, 0.3) is 0 Å². The molecule has 1 heterocycles. The molecular formula is C15H21ClN2O2. The Morgan fingerprint density at radius 2 is 2.05 bits per heavy atom. The number of nitrogens with two attached hydrogens (primary N) is 1. The van der Waals surface area contributed by atoms with Gasteiger partial charge in [0, 0.05) is 24.7 Å². The number of phenolic OH excluding ortho intramolecular Hbond substituents is 1. The van der Waals surface area contributed by atoms with Gasteiger partial charge in [-0.15, -0.1) is 12.4 Å². The van der Waals surface area contributed by atoms with Crippen LogP contribution in [0.5, 0.6) is 5.75 Å². The standard InChI is InChI=1S/C15H20N2O2.ClH/c16-13-6-5-11-8-17(9-12(11)13)15(19)7-10-3-1-2-4-14(10)18;/h1-4,11-13,18H,5-9,16H2;1H. The number of para-hydroxylation sites is 1. The predicted octanol–water partition coefficient (Wildman–Crippen LogP) is 1.55. The predicted molar refractivity (Wildman–Crippen MR) is 79.8 cm³/mol. The van der Waals surface area contributed by atoms with Crippen LogP contribution >= 0.6 is 12.4 Å². The Morgan fingerprint density at radius 3 is 2.75 bits per heavy atom. The number of nitrogens with zero attached hydrogens (tertiary/aromatic N) is 1. The Bertz CT molecular complexity index is 495. The van der Waals surface area contributed by atoms with Crippen LogP contribution in [0.15, 0.2) is 24.3 Å². The molecule has 2 aliphatic rings. The van der Waals surface area contributed by atoms with Gasteiger partial charge in [-0.3, -0.25) is 4.79 Å². The van der Waals surface area contributed by atoms with Gasteiger partial charge in [0.15, 0.2) is 0 Å². The summed E-state index contributed by atoms with van der Waals surface area (Å²) in [5, 5.41) is 9.71. The van der Waals surface area contributed by atoms with E-state index in [4.69, 9.17) is 5.73 Å². The lowest BCUT2D eigenvalue weighted by Crippen LogP contribution is -2.34. The van der Waals surface area contributed by atoms with Crippen molar-refractivity contribution in [3.05, 3.63) is 29.8 Å². The van der Waals surface area contributed by atoms with E-state index in [0.717, 1.165) is 25.9 Å². The Labute approximate surface area is 125 Å². The van der Waals surface area contributed by atoms with Gasteiger partial charge < -0.3 is 15.7 Å². The highest BCUT2D eigenvalue weighted by Gasteiger charge is 2.42. The maximum atomic E-state index is 12.3. The number of fused-ring (bicyclic) bond motifs is 1. The Balaban J connectivity index is 0.00000147. The molecule has 1 aromatic rings. The minimum absolute atomic E-state index is 0. The topological polar surface area (TPSA) is 66.6 Å². The number of aromatic hydroxyl groups is 1. The third kappa shape index (κ3) is 2.76. The molecule has 0 aromatic heterocycles. The average Bonchev–Trinajstić information content (AvgIpc) is 2.95. The van der Waals surface area contributed by atoms with Gasteiger partial charge in [0.1, 0.15) is 5.75 Å². The van der Waals surface area contributed by atoms with Gasteiger partial charge in [0.05, 0.1) is 6.42 Å². The normalized spacial score (nSPS) is 28.1. The smallest absolute Gasteiger partial charge is 0.227 e. The first-order valence-electron chi connectivity index (χ1n) is 6.95. The van der Waals surface area contributed by atoms with E-state index in [0.29, 0.717) is 17.4 Å². The molecule has 0 spiro atoms. The van der Waals surface area contributed by atoms with Crippen LogP contribution in [0.25, 0.3) is 0 Å². The largest absolute Gasteiger partial charge is 0.508 e. The van der Waals surface area contributed by atoms with Crippen molar-refractivity contribution in [3.8, 4) is 5.75 Å². The van der Waals surface area contributed by atoms with Crippen molar-refractivity contribution in [1.82, 2.24) is 4.90 Å². The molecule has 3 rings (SSSR count). The van der Waals surface area contributed by atoms with Crippen LogP contribution in [0.4, 0.5) is 0 Å². The van der Waals surface area contributed by atoms with Gasteiger partial charge in [-0.2, -0.15) is 0 Å². The number of benzene rings is 1. The summed E-state index contributed by atoms with van der Waals surface area (Å²) >= 11 is 0. The number of carbonyl (C=O) groups excluding carboxylic acids is 1. The molecule has 1 amide bonds. The summed E-state index contributed by atoms with van der Waals surface area (Å²) in [7, 11) is 0. The molecule has 3 atom stereocenters. The van der Waals surface area contributed by atoms with Gasteiger partial charge in [-0.25, -0.2) is 0 Å². The summed E-state index contributed by atoms with van der Waals surface area (Å²) in [6.07, 6.45) is 2.52. The fraction of sp³-hybridized carbons (Fsp3) is 0.533. The summed E-state index contributed by atoms with van der Waals surface area (Å²) in [5.41, 5.74) is 6.78. The van der Waals surface area contributed by atoms with E-state index in [9.17, 15) is 9.90 Å². The van der Waals surface area contributed by atoms with Crippen molar-refractivity contribution in [2.45, 2.75) is 25.3 Å². The first-order chi connectivity index (χ1) is 9.15. The number of halogens is 1.